The number of hydrogen-bond donors (Lipinski definition) is 1. The van der Waals surface area contributed by atoms with E-state index in [9.17, 15) is 0 Å². The van der Waals surface area contributed by atoms with E-state index in [1.165, 1.54) is 57.2 Å². The van der Waals surface area contributed by atoms with Crippen LogP contribution in [0.3, 0.4) is 0 Å². The molecule has 1 fully saturated rings. The van der Waals surface area contributed by atoms with Crippen molar-refractivity contribution in [2.24, 2.45) is 5.92 Å². The molecule has 0 amide bonds. The highest BCUT2D eigenvalue weighted by molar-refractivity contribution is 7.98. The van der Waals surface area contributed by atoms with Crippen molar-refractivity contribution in [2.45, 2.75) is 57.9 Å². The van der Waals surface area contributed by atoms with Crippen LogP contribution in [0.1, 0.15) is 51.9 Å². The first-order valence-electron chi connectivity index (χ1n) is 6.60. The first-order chi connectivity index (χ1) is 7.38. The van der Waals surface area contributed by atoms with E-state index >= 15 is 0 Å². The Balaban J connectivity index is 2.15. The molecule has 0 aromatic rings. The molecule has 90 valence electrons. The SMILES string of the molecule is CCC(NCCCSC)C1CCCCC1. The summed E-state index contributed by atoms with van der Waals surface area (Å²) in [6.45, 7) is 3.55. The van der Waals surface area contributed by atoms with Gasteiger partial charge in [-0.15, -0.1) is 0 Å². The third-order valence-corrected chi connectivity index (χ3v) is 4.29. The fraction of sp³-hybridized carbons (Fsp3) is 1.00. The average molecular weight is 229 g/mol. The van der Waals surface area contributed by atoms with Crippen LogP contribution in [0.4, 0.5) is 0 Å². The topological polar surface area (TPSA) is 12.0 Å². The maximum atomic E-state index is 3.76. The normalized spacial score (nSPS) is 20.4. The lowest BCUT2D eigenvalue weighted by atomic mass is 9.83. The Kier molecular flexibility index (Phi) is 7.54. The van der Waals surface area contributed by atoms with E-state index in [1.54, 1.807) is 0 Å². The summed E-state index contributed by atoms with van der Waals surface area (Å²) in [6.07, 6.45) is 12.2. The molecule has 0 saturated heterocycles. The van der Waals surface area contributed by atoms with Gasteiger partial charge in [0.15, 0.2) is 0 Å². The minimum Gasteiger partial charge on any atom is -0.314 e. The Labute approximate surface area is 99.8 Å². The summed E-state index contributed by atoms with van der Waals surface area (Å²) in [7, 11) is 0. The molecule has 1 rings (SSSR count). The van der Waals surface area contributed by atoms with Gasteiger partial charge in [-0.2, -0.15) is 11.8 Å². The van der Waals surface area contributed by atoms with Gasteiger partial charge in [0, 0.05) is 6.04 Å². The van der Waals surface area contributed by atoms with Crippen LogP contribution < -0.4 is 5.32 Å². The first-order valence-corrected chi connectivity index (χ1v) is 8.00. The first kappa shape index (κ1) is 13.4. The van der Waals surface area contributed by atoms with Gasteiger partial charge in [-0.1, -0.05) is 26.2 Å². The van der Waals surface area contributed by atoms with Gasteiger partial charge in [0.05, 0.1) is 0 Å². The van der Waals surface area contributed by atoms with Crippen molar-refractivity contribution in [3.05, 3.63) is 0 Å². The molecule has 1 N–H and O–H groups in total. The lowest BCUT2D eigenvalue weighted by Crippen LogP contribution is -2.37. The predicted molar refractivity (Wildman–Crippen MR) is 71.7 cm³/mol. The number of thioether (sulfide) groups is 1. The van der Waals surface area contributed by atoms with E-state index in [1.807, 2.05) is 11.8 Å². The molecule has 1 aliphatic carbocycles. The summed E-state index contributed by atoms with van der Waals surface area (Å²) < 4.78 is 0. The smallest absolute Gasteiger partial charge is 0.00927 e. The third kappa shape index (κ3) is 5.26. The molecular weight excluding hydrogens is 202 g/mol. The molecule has 0 spiro atoms. The predicted octanol–water partition coefficient (Wildman–Crippen LogP) is 3.69. The zero-order chi connectivity index (χ0) is 10.9. The Hall–Kier alpha value is 0.310. The highest BCUT2D eigenvalue weighted by Gasteiger charge is 2.21. The van der Waals surface area contributed by atoms with E-state index < -0.39 is 0 Å². The maximum absolute atomic E-state index is 3.76. The van der Waals surface area contributed by atoms with E-state index in [-0.39, 0.29) is 0 Å². The second-order valence-corrected chi connectivity index (χ2v) is 5.70. The minimum absolute atomic E-state index is 0.798. The van der Waals surface area contributed by atoms with Crippen molar-refractivity contribution in [3.8, 4) is 0 Å². The zero-order valence-corrected chi connectivity index (χ0v) is 11.2. The van der Waals surface area contributed by atoms with Gasteiger partial charge in [0.2, 0.25) is 0 Å². The van der Waals surface area contributed by atoms with Crippen LogP contribution in [0, 0.1) is 5.92 Å². The van der Waals surface area contributed by atoms with Crippen LogP contribution in [0.5, 0.6) is 0 Å². The lowest BCUT2D eigenvalue weighted by Gasteiger charge is -2.30. The fourth-order valence-corrected chi connectivity index (χ4v) is 3.12. The van der Waals surface area contributed by atoms with Crippen LogP contribution in [0.2, 0.25) is 0 Å². The van der Waals surface area contributed by atoms with Crippen molar-refractivity contribution in [2.75, 3.05) is 18.6 Å². The van der Waals surface area contributed by atoms with Gasteiger partial charge in [-0.3, -0.25) is 0 Å². The van der Waals surface area contributed by atoms with E-state index in [0.717, 1.165) is 12.0 Å². The van der Waals surface area contributed by atoms with Crippen LogP contribution in [0.25, 0.3) is 0 Å². The Morgan fingerprint density at radius 2 is 2.00 bits per heavy atom. The average Bonchev–Trinajstić information content (AvgIpc) is 2.30. The molecule has 0 radical (unpaired) electrons. The van der Waals surface area contributed by atoms with Crippen molar-refractivity contribution in [1.29, 1.82) is 0 Å². The van der Waals surface area contributed by atoms with Crippen molar-refractivity contribution in [1.82, 2.24) is 5.32 Å². The Morgan fingerprint density at radius 1 is 1.27 bits per heavy atom. The molecule has 15 heavy (non-hydrogen) atoms. The maximum Gasteiger partial charge on any atom is 0.00927 e. The van der Waals surface area contributed by atoms with Crippen molar-refractivity contribution < 1.29 is 0 Å². The van der Waals surface area contributed by atoms with E-state index in [4.69, 9.17) is 0 Å². The molecule has 1 atom stereocenters. The quantitative estimate of drug-likeness (QED) is 0.668. The van der Waals surface area contributed by atoms with E-state index in [0.29, 0.717) is 0 Å². The molecule has 1 unspecified atom stereocenters. The molecule has 1 nitrogen and oxygen atoms in total. The summed E-state index contributed by atoms with van der Waals surface area (Å²) in [5, 5.41) is 3.76. The Bertz CT molecular complexity index is 143. The van der Waals surface area contributed by atoms with Crippen LogP contribution in [-0.2, 0) is 0 Å². The van der Waals surface area contributed by atoms with Gasteiger partial charge in [0.1, 0.15) is 0 Å². The Morgan fingerprint density at radius 3 is 2.60 bits per heavy atom. The highest BCUT2D eigenvalue weighted by Crippen LogP contribution is 2.27. The lowest BCUT2D eigenvalue weighted by molar-refractivity contribution is 0.263. The second kappa shape index (κ2) is 8.46. The standard InChI is InChI=1S/C13H27NS/c1-3-13(14-10-7-11-15-2)12-8-5-4-6-9-12/h12-14H,3-11H2,1-2H3. The van der Waals surface area contributed by atoms with E-state index in [2.05, 4.69) is 18.5 Å². The molecule has 0 aromatic heterocycles. The summed E-state index contributed by atoms with van der Waals surface area (Å²) >= 11 is 1.96. The third-order valence-electron chi connectivity index (χ3n) is 3.59. The number of nitrogens with one attached hydrogen (secondary N) is 1. The molecule has 0 heterocycles. The van der Waals surface area contributed by atoms with Crippen LogP contribution in [-0.4, -0.2) is 24.6 Å². The minimum atomic E-state index is 0.798. The number of hydrogen-bond acceptors (Lipinski definition) is 2. The monoisotopic (exact) mass is 229 g/mol. The fourth-order valence-electron chi connectivity index (χ4n) is 2.68. The molecule has 0 bridgehead atoms. The molecule has 0 aliphatic heterocycles. The summed E-state index contributed by atoms with van der Waals surface area (Å²) in [5.74, 6) is 2.27. The molecular formula is C13H27NS. The van der Waals surface area contributed by atoms with Crippen LogP contribution in [0.15, 0.2) is 0 Å². The van der Waals surface area contributed by atoms with Crippen LogP contribution >= 0.6 is 11.8 Å². The second-order valence-electron chi connectivity index (χ2n) is 4.71. The highest BCUT2D eigenvalue weighted by atomic mass is 32.2. The summed E-state index contributed by atoms with van der Waals surface area (Å²) in [6, 6.07) is 0.798. The van der Waals surface area contributed by atoms with Gasteiger partial charge < -0.3 is 5.32 Å². The zero-order valence-electron chi connectivity index (χ0n) is 10.4. The molecule has 1 saturated carbocycles. The van der Waals surface area contributed by atoms with Gasteiger partial charge in [-0.25, -0.2) is 0 Å². The molecule has 1 aliphatic rings. The van der Waals surface area contributed by atoms with Crippen molar-refractivity contribution >= 4 is 11.8 Å². The van der Waals surface area contributed by atoms with Crippen molar-refractivity contribution in [3.63, 3.8) is 0 Å². The largest absolute Gasteiger partial charge is 0.314 e. The summed E-state index contributed by atoms with van der Waals surface area (Å²) in [5.41, 5.74) is 0. The van der Waals surface area contributed by atoms with Gasteiger partial charge >= 0.3 is 0 Å². The summed E-state index contributed by atoms with van der Waals surface area (Å²) in [4.78, 5) is 0. The van der Waals surface area contributed by atoms with Gasteiger partial charge in [0.25, 0.3) is 0 Å². The molecule has 2 heteroatoms. The number of rotatable bonds is 7. The van der Waals surface area contributed by atoms with Gasteiger partial charge in [-0.05, 0) is 50.2 Å². The molecule has 0 aromatic carbocycles.